The standard InChI is InChI=1S/C20H31NO/c1-12(22)15-5-6-17-16(15)7-8-19-18(17)4-3-13-11-14(21)9-10-20(13,19)2/h11,14-19H,3-10,21H2,1-2H3/t14-,15-,16?,17-,18+,19+,20+/m1/s1. The Morgan fingerprint density at radius 3 is 2.64 bits per heavy atom. The zero-order valence-corrected chi connectivity index (χ0v) is 14.2. The number of ketones is 1. The van der Waals surface area contributed by atoms with Crippen LogP contribution in [0.5, 0.6) is 0 Å². The van der Waals surface area contributed by atoms with Gasteiger partial charge in [0.1, 0.15) is 5.78 Å². The molecule has 0 aromatic heterocycles. The van der Waals surface area contributed by atoms with E-state index >= 15 is 0 Å². The number of hydrogen-bond acceptors (Lipinski definition) is 2. The van der Waals surface area contributed by atoms with Crippen molar-refractivity contribution in [3.63, 3.8) is 0 Å². The third-order valence-electron chi connectivity index (χ3n) is 7.99. The lowest BCUT2D eigenvalue weighted by Gasteiger charge is -2.56. The van der Waals surface area contributed by atoms with Gasteiger partial charge < -0.3 is 5.73 Å². The molecule has 2 heteroatoms. The number of nitrogens with two attached hydrogens (primary N) is 1. The largest absolute Gasteiger partial charge is 0.324 e. The molecule has 0 bridgehead atoms. The number of carbonyl (C=O) groups excluding carboxylic acids is 1. The van der Waals surface area contributed by atoms with Crippen LogP contribution in [-0.2, 0) is 4.79 Å². The number of Topliss-reactive ketones (excluding diaryl/α,β-unsaturated/α-hetero) is 1. The van der Waals surface area contributed by atoms with E-state index in [9.17, 15) is 4.79 Å². The predicted molar refractivity (Wildman–Crippen MR) is 89.2 cm³/mol. The van der Waals surface area contributed by atoms with Gasteiger partial charge in [0, 0.05) is 12.0 Å². The average molecular weight is 301 g/mol. The van der Waals surface area contributed by atoms with Crippen LogP contribution in [0.15, 0.2) is 11.6 Å². The molecule has 7 atom stereocenters. The molecule has 3 fully saturated rings. The number of hydrogen-bond donors (Lipinski definition) is 1. The molecule has 4 aliphatic carbocycles. The quantitative estimate of drug-likeness (QED) is 0.741. The Morgan fingerprint density at radius 1 is 1.09 bits per heavy atom. The van der Waals surface area contributed by atoms with E-state index in [4.69, 9.17) is 5.73 Å². The lowest BCUT2D eigenvalue weighted by Crippen LogP contribution is -2.48. The molecular formula is C20H31NO. The highest BCUT2D eigenvalue weighted by molar-refractivity contribution is 5.79. The van der Waals surface area contributed by atoms with Crippen molar-refractivity contribution in [1.82, 2.24) is 0 Å². The first kappa shape index (κ1) is 14.9. The second-order valence-electron chi connectivity index (χ2n) is 8.82. The molecule has 0 saturated heterocycles. The fourth-order valence-electron chi connectivity index (χ4n) is 6.91. The number of fused-ring (bicyclic) bond motifs is 5. The molecule has 2 nitrogen and oxygen atoms in total. The maximum atomic E-state index is 12.0. The number of carbonyl (C=O) groups is 1. The molecule has 0 radical (unpaired) electrons. The zero-order valence-electron chi connectivity index (χ0n) is 14.2. The van der Waals surface area contributed by atoms with Crippen LogP contribution in [0, 0.1) is 35.0 Å². The topological polar surface area (TPSA) is 43.1 Å². The molecule has 0 aromatic rings. The third kappa shape index (κ3) is 2.06. The molecule has 3 saturated carbocycles. The monoisotopic (exact) mass is 301 g/mol. The van der Waals surface area contributed by atoms with Crippen molar-refractivity contribution in [2.24, 2.45) is 40.7 Å². The van der Waals surface area contributed by atoms with Crippen molar-refractivity contribution >= 4 is 5.78 Å². The smallest absolute Gasteiger partial charge is 0.133 e. The Balaban J connectivity index is 1.61. The lowest BCUT2D eigenvalue weighted by atomic mass is 9.49. The minimum Gasteiger partial charge on any atom is -0.324 e. The van der Waals surface area contributed by atoms with Crippen LogP contribution in [0.2, 0.25) is 0 Å². The van der Waals surface area contributed by atoms with Gasteiger partial charge in [-0.2, -0.15) is 0 Å². The van der Waals surface area contributed by atoms with E-state index in [0.29, 0.717) is 29.1 Å². The van der Waals surface area contributed by atoms with Crippen LogP contribution < -0.4 is 5.73 Å². The average Bonchev–Trinajstić information content (AvgIpc) is 2.92. The van der Waals surface area contributed by atoms with Crippen LogP contribution in [-0.4, -0.2) is 11.8 Å². The van der Waals surface area contributed by atoms with Gasteiger partial charge in [0.15, 0.2) is 0 Å². The van der Waals surface area contributed by atoms with Gasteiger partial charge in [-0.1, -0.05) is 18.6 Å². The van der Waals surface area contributed by atoms with Crippen LogP contribution in [0.1, 0.15) is 65.2 Å². The van der Waals surface area contributed by atoms with Gasteiger partial charge >= 0.3 is 0 Å². The van der Waals surface area contributed by atoms with E-state index in [1.165, 1.54) is 38.5 Å². The lowest BCUT2D eigenvalue weighted by molar-refractivity contribution is -0.123. The van der Waals surface area contributed by atoms with Crippen molar-refractivity contribution in [2.75, 3.05) is 0 Å². The van der Waals surface area contributed by atoms with Crippen molar-refractivity contribution in [3.05, 3.63) is 11.6 Å². The molecule has 0 heterocycles. The second kappa shape index (κ2) is 5.19. The molecule has 1 unspecified atom stereocenters. The van der Waals surface area contributed by atoms with Gasteiger partial charge in [-0.05, 0) is 87.4 Å². The normalized spacial score (nSPS) is 50.6. The number of rotatable bonds is 1. The molecule has 0 aliphatic heterocycles. The summed E-state index contributed by atoms with van der Waals surface area (Å²) >= 11 is 0. The fraction of sp³-hybridized carbons (Fsp3) is 0.850. The van der Waals surface area contributed by atoms with E-state index in [2.05, 4.69) is 13.0 Å². The molecule has 0 spiro atoms. The summed E-state index contributed by atoms with van der Waals surface area (Å²) in [6.45, 7) is 4.35. The van der Waals surface area contributed by atoms with Crippen molar-refractivity contribution in [1.29, 1.82) is 0 Å². The molecular weight excluding hydrogens is 270 g/mol. The van der Waals surface area contributed by atoms with E-state index in [0.717, 1.165) is 30.6 Å². The van der Waals surface area contributed by atoms with Crippen LogP contribution in [0.3, 0.4) is 0 Å². The van der Waals surface area contributed by atoms with Crippen LogP contribution in [0.4, 0.5) is 0 Å². The Hall–Kier alpha value is -0.630. The Morgan fingerprint density at radius 2 is 1.86 bits per heavy atom. The summed E-state index contributed by atoms with van der Waals surface area (Å²) in [6, 6.07) is 0.296. The van der Waals surface area contributed by atoms with Gasteiger partial charge in [0.2, 0.25) is 0 Å². The summed E-state index contributed by atoms with van der Waals surface area (Å²) < 4.78 is 0. The zero-order chi connectivity index (χ0) is 15.5. The Labute approximate surface area is 134 Å². The summed E-state index contributed by atoms with van der Waals surface area (Å²) in [5.41, 5.74) is 8.28. The van der Waals surface area contributed by atoms with Crippen LogP contribution in [0.25, 0.3) is 0 Å². The Kier molecular flexibility index (Phi) is 3.52. The minimum absolute atomic E-state index is 0.296. The van der Waals surface area contributed by atoms with E-state index in [1.54, 1.807) is 5.57 Å². The highest BCUT2D eigenvalue weighted by atomic mass is 16.1. The van der Waals surface area contributed by atoms with Gasteiger partial charge in [0.25, 0.3) is 0 Å². The fourth-order valence-corrected chi connectivity index (χ4v) is 6.91. The van der Waals surface area contributed by atoms with Gasteiger partial charge in [0.05, 0.1) is 0 Å². The van der Waals surface area contributed by atoms with Crippen LogP contribution >= 0.6 is 0 Å². The predicted octanol–water partition coefficient (Wildman–Crippen LogP) is 4.09. The molecule has 0 amide bonds. The SMILES string of the molecule is CC(=O)[C@H]1CC[C@@H]2C1CC[C@H]1[C@H]2CCC2=C[C@H](N)CC[C@@]21C. The van der Waals surface area contributed by atoms with Crippen molar-refractivity contribution in [3.8, 4) is 0 Å². The first-order valence-electron chi connectivity index (χ1n) is 9.48. The van der Waals surface area contributed by atoms with Crippen molar-refractivity contribution in [2.45, 2.75) is 71.3 Å². The minimum atomic E-state index is 0.296. The van der Waals surface area contributed by atoms with Gasteiger partial charge in [-0.15, -0.1) is 0 Å². The van der Waals surface area contributed by atoms with E-state index < -0.39 is 0 Å². The maximum absolute atomic E-state index is 12.0. The molecule has 4 rings (SSSR count). The Bertz CT molecular complexity index is 510. The number of allylic oxidation sites excluding steroid dienone is 1. The summed E-state index contributed by atoms with van der Waals surface area (Å²) in [7, 11) is 0. The van der Waals surface area contributed by atoms with Crippen molar-refractivity contribution < 1.29 is 4.79 Å². The highest BCUT2D eigenvalue weighted by Gasteiger charge is 2.54. The molecule has 22 heavy (non-hydrogen) atoms. The van der Waals surface area contributed by atoms with E-state index in [-0.39, 0.29) is 0 Å². The second-order valence-corrected chi connectivity index (χ2v) is 8.82. The summed E-state index contributed by atoms with van der Waals surface area (Å²) in [5, 5.41) is 0. The summed E-state index contributed by atoms with van der Waals surface area (Å²) in [4.78, 5) is 12.0. The van der Waals surface area contributed by atoms with Gasteiger partial charge in [-0.25, -0.2) is 0 Å². The molecule has 2 N–H and O–H groups in total. The van der Waals surface area contributed by atoms with E-state index in [1.807, 2.05) is 6.92 Å². The van der Waals surface area contributed by atoms with Gasteiger partial charge in [-0.3, -0.25) is 4.79 Å². The summed E-state index contributed by atoms with van der Waals surface area (Å²) in [6.07, 6.45) is 12.6. The first-order valence-corrected chi connectivity index (χ1v) is 9.48. The maximum Gasteiger partial charge on any atom is 0.133 e. The molecule has 0 aromatic carbocycles. The molecule has 4 aliphatic rings. The third-order valence-corrected chi connectivity index (χ3v) is 7.99. The first-order chi connectivity index (χ1) is 10.5. The molecule has 122 valence electrons. The summed E-state index contributed by atoms with van der Waals surface area (Å²) in [5.74, 6) is 4.11. The highest BCUT2D eigenvalue weighted by Crippen LogP contribution is 2.62.